The van der Waals surface area contributed by atoms with Crippen LogP contribution < -0.4 is 0 Å². The maximum absolute atomic E-state index is 6.22. The number of furan rings is 1. The Balaban J connectivity index is 1.73. The molecule has 0 aliphatic heterocycles. The Morgan fingerprint density at radius 1 is 1.07 bits per heavy atom. The van der Waals surface area contributed by atoms with Gasteiger partial charge in [-0.05, 0) is 41.6 Å². The standard InChI is InChI=1S/C22H25N5O/c1-3-4-14-27-22(23-24-25-27)21(26(2)16-17-10-6-5-7-11-17)20-15-18-12-8-9-13-19(18)28-20/h5-13,15,21H,3-4,14,16H2,1-2H3. The monoisotopic (exact) mass is 375 g/mol. The highest BCUT2D eigenvalue weighted by Gasteiger charge is 2.28. The van der Waals surface area contributed by atoms with Crippen LogP contribution in [0.3, 0.4) is 0 Å². The summed E-state index contributed by atoms with van der Waals surface area (Å²) >= 11 is 0. The van der Waals surface area contributed by atoms with Gasteiger partial charge in [-0.15, -0.1) is 5.10 Å². The van der Waals surface area contributed by atoms with E-state index in [0.717, 1.165) is 48.5 Å². The Labute approximate surface area is 164 Å². The summed E-state index contributed by atoms with van der Waals surface area (Å²) in [6.45, 7) is 3.74. The van der Waals surface area contributed by atoms with Gasteiger partial charge in [-0.3, -0.25) is 4.90 Å². The summed E-state index contributed by atoms with van der Waals surface area (Å²) in [5.41, 5.74) is 2.11. The average molecular weight is 375 g/mol. The third-order valence-electron chi connectivity index (χ3n) is 4.96. The molecule has 144 valence electrons. The fraction of sp³-hybridized carbons (Fsp3) is 0.318. The molecule has 0 fully saturated rings. The summed E-state index contributed by atoms with van der Waals surface area (Å²) in [6.07, 6.45) is 2.13. The lowest BCUT2D eigenvalue weighted by Crippen LogP contribution is -2.28. The van der Waals surface area contributed by atoms with Gasteiger partial charge in [0, 0.05) is 18.5 Å². The third kappa shape index (κ3) is 3.82. The molecule has 0 saturated carbocycles. The summed E-state index contributed by atoms with van der Waals surface area (Å²) in [5, 5.41) is 13.7. The number of hydrogen-bond donors (Lipinski definition) is 0. The molecule has 2 aromatic heterocycles. The largest absolute Gasteiger partial charge is 0.459 e. The topological polar surface area (TPSA) is 60.0 Å². The molecule has 0 amide bonds. The first-order chi connectivity index (χ1) is 13.8. The summed E-state index contributed by atoms with van der Waals surface area (Å²) in [7, 11) is 2.09. The zero-order valence-electron chi connectivity index (χ0n) is 16.3. The van der Waals surface area contributed by atoms with Crippen LogP contribution in [0.2, 0.25) is 0 Å². The van der Waals surface area contributed by atoms with Gasteiger partial charge in [-0.2, -0.15) is 0 Å². The lowest BCUT2D eigenvalue weighted by Gasteiger charge is -2.25. The van der Waals surface area contributed by atoms with Crippen LogP contribution in [0.1, 0.15) is 43.0 Å². The van der Waals surface area contributed by atoms with Gasteiger partial charge in [0.2, 0.25) is 0 Å². The van der Waals surface area contributed by atoms with Crippen LogP contribution in [0, 0.1) is 0 Å². The lowest BCUT2D eigenvalue weighted by molar-refractivity contribution is 0.227. The minimum absolute atomic E-state index is 0.167. The summed E-state index contributed by atoms with van der Waals surface area (Å²) in [5.74, 6) is 1.66. The first-order valence-corrected chi connectivity index (χ1v) is 9.75. The van der Waals surface area contributed by atoms with Crippen LogP contribution in [0.25, 0.3) is 11.0 Å². The van der Waals surface area contributed by atoms with E-state index in [0.29, 0.717) is 0 Å². The molecule has 0 bridgehead atoms. The van der Waals surface area contributed by atoms with Crippen molar-refractivity contribution in [3.05, 3.63) is 77.8 Å². The molecule has 0 N–H and O–H groups in total. The second-order valence-electron chi connectivity index (χ2n) is 7.10. The number of fused-ring (bicyclic) bond motifs is 1. The fourth-order valence-corrected chi connectivity index (χ4v) is 3.52. The fourth-order valence-electron chi connectivity index (χ4n) is 3.52. The number of nitrogens with zero attached hydrogens (tertiary/aromatic N) is 5. The van der Waals surface area contributed by atoms with Crippen LogP contribution in [-0.2, 0) is 13.1 Å². The minimum Gasteiger partial charge on any atom is -0.459 e. The number of aryl methyl sites for hydroxylation is 1. The quantitative estimate of drug-likeness (QED) is 0.456. The minimum atomic E-state index is -0.167. The van der Waals surface area contributed by atoms with Gasteiger partial charge < -0.3 is 4.42 Å². The van der Waals surface area contributed by atoms with Gasteiger partial charge in [0.25, 0.3) is 0 Å². The summed E-state index contributed by atoms with van der Waals surface area (Å²) in [4.78, 5) is 2.24. The molecule has 0 saturated heterocycles. The van der Waals surface area contributed by atoms with E-state index in [1.54, 1.807) is 0 Å². The molecule has 0 spiro atoms. The number of hydrogen-bond acceptors (Lipinski definition) is 5. The van der Waals surface area contributed by atoms with Crippen LogP contribution in [0.15, 0.2) is 65.1 Å². The third-order valence-corrected chi connectivity index (χ3v) is 4.96. The predicted molar refractivity (Wildman–Crippen MR) is 109 cm³/mol. The van der Waals surface area contributed by atoms with Gasteiger partial charge in [0.1, 0.15) is 17.4 Å². The normalized spacial score (nSPS) is 12.7. The number of tetrazole rings is 1. The lowest BCUT2D eigenvalue weighted by atomic mass is 10.1. The molecule has 1 atom stereocenters. The second-order valence-corrected chi connectivity index (χ2v) is 7.10. The molecule has 28 heavy (non-hydrogen) atoms. The molecule has 6 nitrogen and oxygen atoms in total. The van der Waals surface area contributed by atoms with Crippen molar-refractivity contribution in [1.82, 2.24) is 25.1 Å². The van der Waals surface area contributed by atoms with Gasteiger partial charge in [0.15, 0.2) is 5.82 Å². The highest BCUT2D eigenvalue weighted by atomic mass is 16.3. The predicted octanol–water partition coefficient (Wildman–Crippen LogP) is 4.44. The molecular weight excluding hydrogens is 350 g/mol. The maximum atomic E-state index is 6.22. The SMILES string of the molecule is CCCCn1nnnc1C(c1cc2ccccc2o1)N(C)Cc1ccccc1. The second kappa shape index (κ2) is 8.35. The molecule has 4 aromatic rings. The van der Waals surface area contributed by atoms with Crippen LogP contribution in [-0.4, -0.2) is 32.2 Å². The zero-order valence-corrected chi connectivity index (χ0v) is 16.3. The molecule has 1 unspecified atom stereocenters. The number of rotatable bonds is 8. The Morgan fingerprint density at radius 3 is 2.64 bits per heavy atom. The number of para-hydroxylation sites is 1. The van der Waals surface area contributed by atoms with Crippen molar-refractivity contribution in [2.75, 3.05) is 7.05 Å². The highest BCUT2D eigenvalue weighted by molar-refractivity contribution is 5.77. The van der Waals surface area contributed by atoms with Crippen molar-refractivity contribution < 1.29 is 4.42 Å². The molecule has 0 aliphatic rings. The average Bonchev–Trinajstić information content (AvgIpc) is 3.34. The molecule has 6 heteroatoms. The maximum Gasteiger partial charge on any atom is 0.176 e. The van der Waals surface area contributed by atoms with E-state index >= 15 is 0 Å². The van der Waals surface area contributed by atoms with E-state index in [1.165, 1.54) is 5.56 Å². The van der Waals surface area contributed by atoms with E-state index in [-0.39, 0.29) is 6.04 Å². The van der Waals surface area contributed by atoms with Gasteiger partial charge in [0.05, 0.1) is 0 Å². The number of benzene rings is 2. The zero-order chi connectivity index (χ0) is 19.3. The van der Waals surface area contributed by atoms with Crippen molar-refractivity contribution >= 4 is 11.0 Å². The van der Waals surface area contributed by atoms with Crippen molar-refractivity contribution in [2.24, 2.45) is 0 Å². The molecule has 0 aliphatic carbocycles. The summed E-state index contributed by atoms with van der Waals surface area (Å²) in [6, 6.07) is 20.4. The Bertz CT molecular complexity index is 991. The molecule has 0 radical (unpaired) electrons. The van der Waals surface area contributed by atoms with Crippen LogP contribution in [0.5, 0.6) is 0 Å². The van der Waals surface area contributed by atoms with Gasteiger partial charge >= 0.3 is 0 Å². The molecular formula is C22H25N5O. The molecule has 4 rings (SSSR count). The first-order valence-electron chi connectivity index (χ1n) is 9.75. The van der Waals surface area contributed by atoms with Crippen molar-refractivity contribution in [3.63, 3.8) is 0 Å². The Kier molecular flexibility index (Phi) is 5.48. The van der Waals surface area contributed by atoms with Crippen molar-refractivity contribution in [1.29, 1.82) is 0 Å². The van der Waals surface area contributed by atoms with E-state index < -0.39 is 0 Å². The number of aromatic nitrogens is 4. The number of unbranched alkanes of at least 4 members (excludes halogenated alkanes) is 1. The Morgan fingerprint density at radius 2 is 1.86 bits per heavy atom. The smallest absolute Gasteiger partial charge is 0.176 e. The molecule has 2 aromatic carbocycles. The van der Waals surface area contributed by atoms with Gasteiger partial charge in [-0.1, -0.05) is 61.9 Å². The van der Waals surface area contributed by atoms with Crippen LogP contribution >= 0.6 is 0 Å². The highest BCUT2D eigenvalue weighted by Crippen LogP contribution is 2.32. The summed E-state index contributed by atoms with van der Waals surface area (Å²) < 4.78 is 8.13. The van der Waals surface area contributed by atoms with E-state index in [4.69, 9.17) is 4.42 Å². The van der Waals surface area contributed by atoms with E-state index in [2.05, 4.69) is 70.8 Å². The molecule has 2 heterocycles. The van der Waals surface area contributed by atoms with Crippen LogP contribution in [0.4, 0.5) is 0 Å². The van der Waals surface area contributed by atoms with Crippen molar-refractivity contribution in [2.45, 2.75) is 38.9 Å². The van der Waals surface area contributed by atoms with E-state index in [9.17, 15) is 0 Å². The van der Waals surface area contributed by atoms with Crippen molar-refractivity contribution in [3.8, 4) is 0 Å². The van der Waals surface area contributed by atoms with Gasteiger partial charge in [-0.25, -0.2) is 4.68 Å². The van der Waals surface area contributed by atoms with E-state index in [1.807, 2.05) is 28.9 Å². The first kappa shape index (κ1) is 18.4. The Hall–Kier alpha value is -2.99.